The van der Waals surface area contributed by atoms with E-state index in [1.54, 1.807) is 25.1 Å². The Morgan fingerprint density at radius 2 is 2.07 bits per heavy atom. The zero-order chi connectivity index (χ0) is 20.0. The number of esters is 1. The van der Waals surface area contributed by atoms with Crippen LogP contribution in [0.25, 0.3) is 0 Å². The van der Waals surface area contributed by atoms with Crippen molar-refractivity contribution in [2.75, 3.05) is 19.5 Å². The van der Waals surface area contributed by atoms with Crippen molar-refractivity contribution in [1.29, 1.82) is 0 Å². The van der Waals surface area contributed by atoms with Gasteiger partial charge in [0, 0.05) is 11.8 Å². The number of nitrogens with one attached hydrogen (secondary N) is 2. The Morgan fingerprint density at radius 1 is 1.33 bits per heavy atom. The van der Waals surface area contributed by atoms with E-state index in [2.05, 4.69) is 20.0 Å². The van der Waals surface area contributed by atoms with E-state index in [1.807, 2.05) is 0 Å². The fourth-order valence-electron chi connectivity index (χ4n) is 2.06. The average molecular weight is 412 g/mol. The lowest BCUT2D eigenvalue weighted by Crippen LogP contribution is -2.23. The molecule has 1 heterocycles. The van der Waals surface area contributed by atoms with Gasteiger partial charge in [0.1, 0.15) is 5.75 Å². The third-order valence-electron chi connectivity index (χ3n) is 3.40. The first kappa shape index (κ1) is 20.8. The minimum atomic E-state index is -0.567. The number of H-pyrrole nitrogens is 1. The second-order valence-electron chi connectivity index (χ2n) is 5.39. The van der Waals surface area contributed by atoms with Crippen LogP contribution in [0.4, 0.5) is 5.69 Å². The molecule has 0 fully saturated rings. The van der Waals surface area contributed by atoms with Crippen LogP contribution in [-0.2, 0) is 20.7 Å². The Morgan fingerprint density at radius 3 is 2.70 bits per heavy atom. The maximum absolute atomic E-state index is 12.4. The molecule has 0 unspecified atom stereocenters. The van der Waals surface area contributed by atoms with Crippen molar-refractivity contribution in [3.8, 4) is 5.75 Å². The molecule has 1 atom stereocenters. The van der Waals surface area contributed by atoms with E-state index in [1.165, 1.54) is 20.3 Å². The molecule has 1 aromatic heterocycles. The molecule has 0 bridgehead atoms. The van der Waals surface area contributed by atoms with Crippen LogP contribution in [0.5, 0.6) is 5.75 Å². The molecule has 2 N–H and O–H groups in total. The van der Waals surface area contributed by atoms with Gasteiger partial charge in [0.15, 0.2) is 5.16 Å². The molecular weight excluding hydrogens is 394 g/mol. The fourth-order valence-corrected chi connectivity index (χ4v) is 3.15. The molecule has 27 heavy (non-hydrogen) atoms. The highest BCUT2D eigenvalue weighted by Gasteiger charge is 2.17. The standard InChI is InChI=1S/C17H18ClN3O5S/c1-9(16(24)19-10-4-5-13(25-2)12(18)6-10)27-17-20-11(7-14(22)21-17)8-15(23)26-3/h4-7,9H,8H2,1-3H3,(H,19,24)(H,20,21,22)/t9-/m1/s1. The molecule has 1 aromatic carbocycles. The van der Waals surface area contributed by atoms with Gasteiger partial charge in [-0.25, -0.2) is 4.98 Å². The lowest BCUT2D eigenvalue weighted by molar-refractivity contribution is -0.139. The third-order valence-corrected chi connectivity index (χ3v) is 4.68. The molecule has 0 spiro atoms. The number of methoxy groups -OCH3 is 2. The minimum Gasteiger partial charge on any atom is -0.495 e. The molecule has 0 saturated carbocycles. The molecule has 144 valence electrons. The smallest absolute Gasteiger partial charge is 0.311 e. The maximum atomic E-state index is 12.4. The first-order valence-corrected chi connectivity index (χ1v) is 9.06. The third kappa shape index (κ3) is 6.00. The molecule has 10 heteroatoms. The Labute approximate surface area is 164 Å². The molecule has 0 aliphatic rings. The molecule has 8 nitrogen and oxygen atoms in total. The van der Waals surface area contributed by atoms with E-state index in [0.29, 0.717) is 16.5 Å². The van der Waals surface area contributed by atoms with Gasteiger partial charge in [-0.15, -0.1) is 0 Å². The summed E-state index contributed by atoms with van der Waals surface area (Å²) in [6.07, 6.45) is -0.126. The molecule has 2 aromatic rings. The monoisotopic (exact) mass is 411 g/mol. The van der Waals surface area contributed by atoms with Crippen molar-refractivity contribution in [1.82, 2.24) is 9.97 Å². The van der Waals surface area contributed by atoms with Crippen LogP contribution in [0.3, 0.4) is 0 Å². The normalized spacial score (nSPS) is 11.6. The van der Waals surface area contributed by atoms with Gasteiger partial charge in [-0.05, 0) is 25.1 Å². The van der Waals surface area contributed by atoms with E-state index >= 15 is 0 Å². The largest absolute Gasteiger partial charge is 0.495 e. The van der Waals surface area contributed by atoms with Crippen LogP contribution in [0.15, 0.2) is 34.2 Å². The number of hydrogen-bond acceptors (Lipinski definition) is 7. The second-order valence-corrected chi connectivity index (χ2v) is 7.13. The zero-order valence-corrected chi connectivity index (χ0v) is 16.4. The second kappa shape index (κ2) is 9.43. The summed E-state index contributed by atoms with van der Waals surface area (Å²) in [5.74, 6) is -0.310. The predicted octanol–water partition coefficient (Wildman–Crippen LogP) is 2.27. The van der Waals surface area contributed by atoms with Gasteiger partial charge in [0.25, 0.3) is 5.56 Å². The number of thioether (sulfide) groups is 1. The van der Waals surface area contributed by atoms with Gasteiger partial charge in [0.05, 0.1) is 36.6 Å². The number of benzene rings is 1. The van der Waals surface area contributed by atoms with Crippen LogP contribution in [-0.4, -0.2) is 41.3 Å². The van der Waals surface area contributed by atoms with E-state index in [4.69, 9.17) is 16.3 Å². The Hall–Kier alpha value is -2.52. The van der Waals surface area contributed by atoms with Gasteiger partial charge < -0.3 is 19.8 Å². The van der Waals surface area contributed by atoms with Gasteiger partial charge in [-0.1, -0.05) is 23.4 Å². The summed E-state index contributed by atoms with van der Waals surface area (Å²) < 4.78 is 9.63. The van der Waals surface area contributed by atoms with Crippen LogP contribution >= 0.6 is 23.4 Å². The molecule has 0 radical (unpaired) electrons. The van der Waals surface area contributed by atoms with E-state index < -0.39 is 16.8 Å². The van der Waals surface area contributed by atoms with Crippen molar-refractivity contribution >= 4 is 40.9 Å². The van der Waals surface area contributed by atoms with Crippen LogP contribution in [0.1, 0.15) is 12.6 Å². The van der Waals surface area contributed by atoms with Crippen molar-refractivity contribution in [2.24, 2.45) is 0 Å². The summed E-state index contributed by atoms with van der Waals surface area (Å²) in [6, 6.07) is 6.10. The minimum absolute atomic E-state index is 0.126. The highest BCUT2D eigenvalue weighted by molar-refractivity contribution is 8.00. The zero-order valence-electron chi connectivity index (χ0n) is 14.9. The lowest BCUT2D eigenvalue weighted by Gasteiger charge is -2.12. The quantitative estimate of drug-likeness (QED) is 0.408. The number of ether oxygens (including phenoxy) is 2. The summed E-state index contributed by atoms with van der Waals surface area (Å²) in [4.78, 5) is 42.2. The van der Waals surface area contributed by atoms with Gasteiger partial charge >= 0.3 is 5.97 Å². The molecular formula is C17H18ClN3O5S. The molecule has 2 rings (SSSR count). The number of aromatic nitrogens is 2. The maximum Gasteiger partial charge on any atom is 0.311 e. The predicted molar refractivity (Wildman–Crippen MR) is 103 cm³/mol. The fraction of sp³-hybridized carbons (Fsp3) is 0.294. The van der Waals surface area contributed by atoms with Crippen LogP contribution < -0.4 is 15.6 Å². The van der Waals surface area contributed by atoms with E-state index in [-0.39, 0.29) is 23.2 Å². The highest BCUT2D eigenvalue weighted by Crippen LogP contribution is 2.28. The number of carbonyl (C=O) groups is 2. The van der Waals surface area contributed by atoms with Gasteiger partial charge in [0.2, 0.25) is 5.91 Å². The number of nitrogens with zero attached hydrogens (tertiary/aromatic N) is 1. The number of amides is 1. The number of rotatable bonds is 7. The number of anilines is 1. The molecule has 0 aliphatic heterocycles. The van der Waals surface area contributed by atoms with Crippen molar-refractivity contribution < 1.29 is 19.1 Å². The van der Waals surface area contributed by atoms with Crippen LogP contribution in [0.2, 0.25) is 5.02 Å². The average Bonchev–Trinajstić information content (AvgIpc) is 2.61. The Bertz CT molecular complexity index is 902. The summed E-state index contributed by atoms with van der Waals surface area (Å²) in [5, 5.41) is 2.77. The SMILES string of the molecule is COC(=O)Cc1cc(=O)[nH]c(S[C@H](C)C(=O)Nc2ccc(OC)c(Cl)c2)n1. The summed E-state index contributed by atoms with van der Waals surface area (Å²) in [7, 11) is 2.75. The van der Waals surface area contributed by atoms with Crippen molar-refractivity contribution in [3.63, 3.8) is 0 Å². The number of halogens is 1. The lowest BCUT2D eigenvalue weighted by atomic mass is 10.3. The molecule has 1 amide bonds. The van der Waals surface area contributed by atoms with E-state index in [0.717, 1.165) is 11.8 Å². The first-order valence-electron chi connectivity index (χ1n) is 7.80. The number of aromatic amines is 1. The summed E-state index contributed by atoms with van der Waals surface area (Å²) >= 11 is 7.10. The number of carbonyl (C=O) groups excluding carboxylic acids is 2. The van der Waals surface area contributed by atoms with Gasteiger partial charge in [-0.3, -0.25) is 14.4 Å². The molecule has 0 aliphatic carbocycles. The topological polar surface area (TPSA) is 110 Å². The summed E-state index contributed by atoms with van der Waals surface area (Å²) in [5.41, 5.74) is 0.364. The number of hydrogen-bond donors (Lipinski definition) is 2. The Kier molecular flexibility index (Phi) is 7.26. The van der Waals surface area contributed by atoms with Crippen molar-refractivity contribution in [2.45, 2.75) is 23.8 Å². The Balaban J connectivity index is 2.06. The summed E-state index contributed by atoms with van der Waals surface area (Å²) in [6.45, 7) is 1.66. The van der Waals surface area contributed by atoms with Crippen LogP contribution in [0, 0.1) is 0 Å². The van der Waals surface area contributed by atoms with Gasteiger partial charge in [-0.2, -0.15) is 0 Å². The van der Waals surface area contributed by atoms with Crippen molar-refractivity contribution in [3.05, 3.63) is 45.3 Å². The highest BCUT2D eigenvalue weighted by atomic mass is 35.5. The van der Waals surface area contributed by atoms with E-state index in [9.17, 15) is 14.4 Å². The molecule has 0 saturated heterocycles. The first-order chi connectivity index (χ1) is 12.8.